The van der Waals surface area contributed by atoms with Gasteiger partial charge in [0, 0.05) is 19.5 Å². The number of thiazole rings is 1. The number of ether oxygens (including phenoxy) is 1. The Kier molecular flexibility index (Phi) is 5.16. The van der Waals surface area contributed by atoms with E-state index in [4.69, 9.17) is 4.74 Å². The number of para-hydroxylation sites is 1. The Morgan fingerprint density at radius 1 is 1.07 bits per heavy atom. The van der Waals surface area contributed by atoms with Crippen LogP contribution in [0.1, 0.15) is 22.6 Å². The Bertz CT molecular complexity index is 949. The smallest absolute Gasteiger partial charge is 0.306 e. The third kappa shape index (κ3) is 4.17. The fourth-order valence-corrected chi connectivity index (χ4v) is 4.22. The summed E-state index contributed by atoms with van der Waals surface area (Å²) in [6.07, 6.45) is 1.60. The monoisotopic (exact) mass is 380 g/mol. The highest BCUT2D eigenvalue weighted by Crippen LogP contribution is 2.22. The van der Waals surface area contributed by atoms with Crippen LogP contribution in [0.25, 0.3) is 10.2 Å². The van der Waals surface area contributed by atoms with Crippen molar-refractivity contribution in [3.63, 3.8) is 0 Å². The van der Waals surface area contributed by atoms with Gasteiger partial charge in [-0.2, -0.15) is 0 Å². The van der Waals surface area contributed by atoms with Crippen LogP contribution in [0, 0.1) is 0 Å². The normalized spacial score (nSPS) is 13.4. The van der Waals surface area contributed by atoms with Gasteiger partial charge in [-0.1, -0.05) is 36.4 Å². The predicted octanol–water partition coefficient (Wildman–Crippen LogP) is 3.36. The van der Waals surface area contributed by atoms with Crippen LogP contribution >= 0.6 is 11.3 Å². The number of amides is 1. The van der Waals surface area contributed by atoms with Crippen LogP contribution in [0.2, 0.25) is 0 Å². The maximum absolute atomic E-state index is 12.3. The van der Waals surface area contributed by atoms with E-state index < -0.39 is 0 Å². The van der Waals surface area contributed by atoms with Gasteiger partial charge in [-0.25, -0.2) is 4.98 Å². The van der Waals surface area contributed by atoms with Crippen molar-refractivity contribution >= 4 is 33.4 Å². The fraction of sp³-hybridized carbons (Fsp3) is 0.286. The standard InChI is InChI=1S/C21H20N2O3S/c24-20(23-12-11-15-5-1-2-6-16(15)13-23)14-26-21(25)10-9-19-22-17-7-3-4-8-18(17)27-19/h1-8H,9-14H2. The first-order chi connectivity index (χ1) is 13.2. The second-order valence-electron chi connectivity index (χ2n) is 6.57. The van der Waals surface area contributed by atoms with Crippen molar-refractivity contribution in [2.75, 3.05) is 13.2 Å². The lowest BCUT2D eigenvalue weighted by Gasteiger charge is -2.28. The number of esters is 1. The Morgan fingerprint density at radius 2 is 1.85 bits per heavy atom. The first-order valence-electron chi connectivity index (χ1n) is 9.04. The molecule has 138 valence electrons. The Morgan fingerprint density at radius 3 is 2.70 bits per heavy atom. The van der Waals surface area contributed by atoms with Gasteiger partial charge in [-0.15, -0.1) is 11.3 Å². The van der Waals surface area contributed by atoms with Crippen molar-refractivity contribution in [2.45, 2.75) is 25.8 Å². The van der Waals surface area contributed by atoms with E-state index >= 15 is 0 Å². The summed E-state index contributed by atoms with van der Waals surface area (Å²) in [5.41, 5.74) is 3.40. The van der Waals surface area contributed by atoms with Gasteiger partial charge in [-0.3, -0.25) is 9.59 Å². The predicted molar refractivity (Wildman–Crippen MR) is 104 cm³/mol. The lowest BCUT2D eigenvalue weighted by Crippen LogP contribution is -2.38. The second-order valence-corrected chi connectivity index (χ2v) is 7.69. The molecule has 6 heteroatoms. The van der Waals surface area contributed by atoms with Gasteiger partial charge < -0.3 is 9.64 Å². The molecular formula is C21H20N2O3S. The third-order valence-corrected chi connectivity index (χ3v) is 5.82. The first kappa shape index (κ1) is 17.7. The van der Waals surface area contributed by atoms with Crippen LogP contribution < -0.4 is 0 Å². The van der Waals surface area contributed by atoms with E-state index in [0.29, 0.717) is 19.5 Å². The number of carbonyl (C=O) groups is 2. The van der Waals surface area contributed by atoms with Gasteiger partial charge in [-0.05, 0) is 29.7 Å². The van der Waals surface area contributed by atoms with Crippen molar-refractivity contribution in [2.24, 2.45) is 0 Å². The minimum atomic E-state index is -0.361. The van der Waals surface area contributed by atoms with Gasteiger partial charge >= 0.3 is 5.97 Å². The average molecular weight is 380 g/mol. The Balaban J connectivity index is 1.25. The van der Waals surface area contributed by atoms with E-state index in [0.717, 1.165) is 21.6 Å². The average Bonchev–Trinajstić information content (AvgIpc) is 3.13. The molecule has 1 aliphatic rings. The van der Waals surface area contributed by atoms with Gasteiger partial charge in [0.05, 0.1) is 21.6 Å². The third-order valence-electron chi connectivity index (χ3n) is 4.72. The molecular weight excluding hydrogens is 360 g/mol. The van der Waals surface area contributed by atoms with E-state index in [9.17, 15) is 9.59 Å². The molecule has 0 aliphatic carbocycles. The largest absolute Gasteiger partial charge is 0.456 e. The summed E-state index contributed by atoms with van der Waals surface area (Å²) in [6.45, 7) is 1.05. The van der Waals surface area contributed by atoms with Crippen molar-refractivity contribution in [3.05, 3.63) is 64.7 Å². The van der Waals surface area contributed by atoms with Gasteiger partial charge in [0.15, 0.2) is 6.61 Å². The van der Waals surface area contributed by atoms with Gasteiger partial charge in [0.25, 0.3) is 5.91 Å². The number of aryl methyl sites for hydroxylation is 1. The number of carbonyl (C=O) groups excluding carboxylic acids is 2. The maximum atomic E-state index is 12.3. The molecule has 0 saturated carbocycles. The summed E-state index contributed by atoms with van der Waals surface area (Å²) in [7, 11) is 0. The Hall–Kier alpha value is -2.73. The molecule has 3 aromatic rings. The molecule has 0 bridgehead atoms. The summed E-state index contributed by atoms with van der Waals surface area (Å²) in [5.74, 6) is -0.502. The van der Waals surface area contributed by atoms with Crippen molar-refractivity contribution in [1.29, 1.82) is 0 Å². The molecule has 0 unspecified atom stereocenters. The molecule has 1 amide bonds. The van der Waals surface area contributed by atoms with Crippen LogP contribution in [0.15, 0.2) is 48.5 Å². The Labute approximate surface area is 161 Å². The van der Waals surface area contributed by atoms with Crippen molar-refractivity contribution in [1.82, 2.24) is 9.88 Å². The molecule has 1 aromatic heterocycles. The van der Waals surface area contributed by atoms with E-state index in [-0.39, 0.29) is 24.9 Å². The molecule has 5 nitrogen and oxygen atoms in total. The molecule has 0 radical (unpaired) electrons. The molecule has 27 heavy (non-hydrogen) atoms. The van der Waals surface area contributed by atoms with Crippen LogP contribution in [-0.4, -0.2) is 34.9 Å². The first-order valence-corrected chi connectivity index (χ1v) is 9.85. The minimum absolute atomic E-state index is 0.141. The number of fused-ring (bicyclic) bond motifs is 2. The molecule has 0 atom stereocenters. The molecule has 2 heterocycles. The summed E-state index contributed by atoms with van der Waals surface area (Å²) in [6, 6.07) is 16.0. The van der Waals surface area contributed by atoms with Crippen LogP contribution in [0.4, 0.5) is 0 Å². The zero-order chi connectivity index (χ0) is 18.6. The zero-order valence-electron chi connectivity index (χ0n) is 14.9. The topological polar surface area (TPSA) is 59.5 Å². The molecule has 0 N–H and O–H groups in total. The van der Waals surface area contributed by atoms with Gasteiger partial charge in [0.1, 0.15) is 0 Å². The number of nitrogens with zero attached hydrogens (tertiary/aromatic N) is 2. The number of hydrogen-bond acceptors (Lipinski definition) is 5. The molecule has 4 rings (SSSR count). The summed E-state index contributed by atoms with van der Waals surface area (Å²) < 4.78 is 6.30. The van der Waals surface area contributed by atoms with Gasteiger partial charge in [0.2, 0.25) is 0 Å². The van der Waals surface area contributed by atoms with E-state index in [2.05, 4.69) is 11.1 Å². The van der Waals surface area contributed by atoms with Crippen LogP contribution in [0.5, 0.6) is 0 Å². The summed E-state index contributed by atoms with van der Waals surface area (Å²) in [4.78, 5) is 30.6. The van der Waals surface area contributed by atoms with Crippen LogP contribution in [-0.2, 0) is 33.7 Å². The summed E-state index contributed by atoms with van der Waals surface area (Å²) in [5, 5.41) is 0.909. The lowest BCUT2D eigenvalue weighted by molar-refractivity contribution is -0.152. The summed E-state index contributed by atoms with van der Waals surface area (Å²) >= 11 is 1.59. The van der Waals surface area contributed by atoms with Crippen molar-refractivity contribution < 1.29 is 14.3 Å². The number of benzene rings is 2. The van der Waals surface area contributed by atoms with Crippen LogP contribution in [0.3, 0.4) is 0 Å². The second kappa shape index (κ2) is 7.88. The van der Waals surface area contributed by atoms with E-state index in [1.807, 2.05) is 42.5 Å². The van der Waals surface area contributed by atoms with Crippen molar-refractivity contribution in [3.8, 4) is 0 Å². The highest BCUT2D eigenvalue weighted by atomic mass is 32.1. The highest BCUT2D eigenvalue weighted by molar-refractivity contribution is 7.18. The zero-order valence-corrected chi connectivity index (χ0v) is 15.7. The lowest BCUT2D eigenvalue weighted by atomic mass is 10.00. The maximum Gasteiger partial charge on any atom is 0.306 e. The highest BCUT2D eigenvalue weighted by Gasteiger charge is 2.21. The SMILES string of the molecule is O=C(CCc1nc2ccccc2s1)OCC(=O)N1CCc2ccccc2C1. The molecule has 1 aliphatic heterocycles. The van der Waals surface area contributed by atoms with E-state index in [1.54, 1.807) is 16.2 Å². The quantitative estimate of drug-likeness (QED) is 0.637. The fourth-order valence-electron chi connectivity index (χ4n) is 3.25. The molecule has 2 aromatic carbocycles. The minimum Gasteiger partial charge on any atom is -0.456 e. The van der Waals surface area contributed by atoms with E-state index in [1.165, 1.54) is 11.1 Å². The molecule has 0 fully saturated rings. The number of hydrogen-bond donors (Lipinski definition) is 0. The molecule has 0 saturated heterocycles. The number of rotatable bonds is 5. The molecule has 0 spiro atoms. The number of aromatic nitrogens is 1.